The zero-order valence-electron chi connectivity index (χ0n) is 21.9. The molecule has 6 N–H and O–H groups in total. The Morgan fingerprint density at radius 3 is 1.53 bits per heavy atom. The van der Waals surface area contributed by atoms with Gasteiger partial charge in [-0.1, -0.05) is 26.7 Å². The van der Waals surface area contributed by atoms with E-state index in [0.717, 1.165) is 35.2 Å². The van der Waals surface area contributed by atoms with Crippen LogP contribution in [0.25, 0.3) is 11.0 Å². The Kier molecular flexibility index (Phi) is 7.22. The van der Waals surface area contributed by atoms with Gasteiger partial charge in [0.1, 0.15) is 0 Å². The van der Waals surface area contributed by atoms with Gasteiger partial charge in [0.15, 0.2) is 0 Å². The van der Waals surface area contributed by atoms with Crippen molar-refractivity contribution in [3.63, 3.8) is 0 Å². The fourth-order valence-electron chi connectivity index (χ4n) is 5.75. The molecule has 10 heteroatoms. The number of nitrogens with two attached hydrogens (primary N) is 2. The van der Waals surface area contributed by atoms with Gasteiger partial charge in [-0.3, -0.25) is 9.59 Å². The molecule has 0 radical (unpaired) electrons. The van der Waals surface area contributed by atoms with Crippen LogP contribution in [0.3, 0.4) is 0 Å². The minimum absolute atomic E-state index is 0.402. The van der Waals surface area contributed by atoms with Crippen LogP contribution in [-0.4, -0.2) is 43.1 Å². The predicted molar refractivity (Wildman–Crippen MR) is 148 cm³/mol. The van der Waals surface area contributed by atoms with Gasteiger partial charge in [0.05, 0.1) is 45.9 Å². The molecule has 0 aliphatic heterocycles. The highest BCUT2D eigenvalue weighted by Gasteiger charge is 2.26. The molecule has 0 saturated heterocycles. The number of rotatable bonds is 6. The van der Waals surface area contributed by atoms with E-state index >= 15 is 0 Å². The topological polar surface area (TPSA) is 145 Å². The number of nitrogens with one attached hydrogen (secondary N) is 2. The Balaban J connectivity index is 0.000000155. The summed E-state index contributed by atoms with van der Waals surface area (Å²) >= 11 is 0. The lowest BCUT2D eigenvalue weighted by Gasteiger charge is -2.20. The maximum absolute atomic E-state index is 11.6. The number of nitrogens with zero attached hydrogens (tertiary/aromatic N) is 4. The second-order valence-electron chi connectivity index (χ2n) is 10.6. The first-order chi connectivity index (χ1) is 18.3. The quantitative estimate of drug-likeness (QED) is 0.304. The van der Waals surface area contributed by atoms with Gasteiger partial charge in [0, 0.05) is 24.5 Å². The van der Waals surface area contributed by atoms with Crippen molar-refractivity contribution < 1.29 is 9.59 Å². The summed E-state index contributed by atoms with van der Waals surface area (Å²) in [5, 5.41) is 15.4. The molecule has 4 aromatic heterocycles. The van der Waals surface area contributed by atoms with Gasteiger partial charge in [-0.05, 0) is 61.8 Å². The van der Waals surface area contributed by atoms with Crippen LogP contribution in [0.2, 0.25) is 0 Å². The molecule has 4 atom stereocenters. The molecule has 10 nitrogen and oxygen atoms in total. The summed E-state index contributed by atoms with van der Waals surface area (Å²) in [6, 6.07) is 8.52. The molecule has 4 heterocycles. The summed E-state index contributed by atoms with van der Waals surface area (Å²) in [5.41, 5.74) is 15.3. The Hall–Kier alpha value is -4.08. The van der Waals surface area contributed by atoms with Crippen LogP contribution in [0.4, 0.5) is 11.4 Å². The summed E-state index contributed by atoms with van der Waals surface area (Å²) in [6.07, 6.45) is 14.0. The van der Waals surface area contributed by atoms with Crippen molar-refractivity contribution >= 4 is 34.2 Å². The molecule has 2 saturated carbocycles. The van der Waals surface area contributed by atoms with Gasteiger partial charge in [0.2, 0.25) is 0 Å². The normalized spacial score (nSPS) is 22.8. The predicted octanol–water partition coefficient (Wildman–Crippen LogP) is 4.07. The first-order valence-corrected chi connectivity index (χ1v) is 13.4. The molecule has 0 aromatic carbocycles. The highest BCUT2D eigenvalue weighted by atomic mass is 16.1. The van der Waals surface area contributed by atoms with Gasteiger partial charge in [-0.25, -0.2) is 9.03 Å². The van der Waals surface area contributed by atoms with Crippen LogP contribution in [0.1, 0.15) is 73.1 Å². The number of anilines is 2. The van der Waals surface area contributed by atoms with E-state index in [4.69, 9.17) is 11.5 Å². The van der Waals surface area contributed by atoms with Crippen molar-refractivity contribution in [1.29, 1.82) is 0 Å². The smallest absolute Gasteiger partial charge is 0.252 e. The molecule has 200 valence electrons. The molecule has 38 heavy (non-hydrogen) atoms. The van der Waals surface area contributed by atoms with E-state index in [2.05, 4.69) is 34.7 Å². The standard InChI is InChI=1S/2C14H18N4O/c2*1-9-4-2-5-11(9)17-13-10(14(15)19)8-16-18-7-3-6-12(13)18/h2*3,6-9,11,17H,2,4-5H2,1H3,(H2,15,19)/t9-,11+;9-,11-/m01/s1. The highest BCUT2D eigenvalue weighted by Crippen LogP contribution is 2.32. The van der Waals surface area contributed by atoms with Crippen LogP contribution in [0.5, 0.6) is 0 Å². The summed E-state index contributed by atoms with van der Waals surface area (Å²) < 4.78 is 3.52. The van der Waals surface area contributed by atoms with Crippen molar-refractivity contribution in [1.82, 2.24) is 19.2 Å². The molecular weight excluding hydrogens is 480 g/mol. The minimum Gasteiger partial charge on any atom is -0.380 e. The average Bonchev–Trinajstić information content (AvgIpc) is 3.69. The van der Waals surface area contributed by atoms with Crippen LogP contribution >= 0.6 is 0 Å². The summed E-state index contributed by atoms with van der Waals surface area (Å²) in [5.74, 6) is 0.349. The SMILES string of the molecule is C[C@@H]1CCC[C@H]1Nc1c(C(N)=O)cnn2cccc12.C[C@H]1CCC[C@H]1Nc1c(C(N)=O)cnn2cccc12. The third-order valence-corrected chi connectivity index (χ3v) is 8.04. The van der Waals surface area contributed by atoms with E-state index in [9.17, 15) is 9.59 Å². The maximum atomic E-state index is 11.6. The zero-order valence-corrected chi connectivity index (χ0v) is 21.9. The van der Waals surface area contributed by atoms with Crippen molar-refractivity contribution in [2.75, 3.05) is 10.6 Å². The first kappa shape index (κ1) is 25.6. The molecule has 0 spiro atoms. The fraction of sp³-hybridized carbons (Fsp3) is 0.429. The van der Waals surface area contributed by atoms with Crippen LogP contribution in [0.15, 0.2) is 49.1 Å². The largest absolute Gasteiger partial charge is 0.380 e. The Morgan fingerprint density at radius 1 is 0.763 bits per heavy atom. The van der Waals surface area contributed by atoms with Crippen molar-refractivity contribution in [2.24, 2.45) is 23.3 Å². The van der Waals surface area contributed by atoms with E-state index in [1.807, 2.05) is 36.7 Å². The number of fused-ring (bicyclic) bond motifs is 2. The number of carbonyl (C=O) groups excluding carboxylic acids is 2. The highest BCUT2D eigenvalue weighted by molar-refractivity contribution is 6.02. The lowest BCUT2D eigenvalue weighted by molar-refractivity contribution is 0.0992. The van der Waals surface area contributed by atoms with E-state index in [1.165, 1.54) is 38.1 Å². The molecule has 0 bridgehead atoms. The molecule has 2 amide bonds. The molecule has 2 aliphatic rings. The summed E-state index contributed by atoms with van der Waals surface area (Å²) in [6.45, 7) is 4.48. The van der Waals surface area contributed by atoms with Crippen molar-refractivity contribution in [3.05, 3.63) is 60.2 Å². The van der Waals surface area contributed by atoms with Crippen LogP contribution < -0.4 is 22.1 Å². The van der Waals surface area contributed by atoms with E-state index in [-0.39, 0.29) is 0 Å². The molecular formula is C28H36N8O2. The lowest BCUT2D eigenvalue weighted by Crippen LogP contribution is -2.25. The summed E-state index contributed by atoms with van der Waals surface area (Å²) in [4.78, 5) is 23.2. The van der Waals surface area contributed by atoms with Gasteiger partial charge in [0.25, 0.3) is 11.8 Å². The molecule has 6 rings (SSSR count). The number of carbonyl (C=O) groups is 2. The van der Waals surface area contributed by atoms with Gasteiger partial charge < -0.3 is 22.1 Å². The van der Waals surface area contributed by atoms with E-state index in [0.29, 0.717) is 35.0 Å². The zero-order chi connectivity index (χ0) is 26.8. The Bertz CT molecular complexity index is 1350. The van der Waals surface area contributed by atoms with Gasteiger partial charge >= 0.3 is 0 Å². The Morgan fingerprint density at radius 2 is 1.18 bits per heavy atom. The Labute approximate surface area is 221 Å². The number of aromatic nitrogens is 4. The van der Waals surface area contributed by atoms with Gasteiger partial charge in [-0.15, -0.1) is 0 Å². The summed E-state index contributed by atoms with van der Waals surface area (Å²) in [7, 11) is 0. The fourth-order valence-corrected chi connectivity index (χ4v) is 5.75. The maximum Gasteiger partial charge on any atom is 0.252 e. The van der Waals surface area contributed by atoms with E-state index in [1.54, 1.807) is 9.03 Å². The van der Waals surface area contributed by atoms with Crippen molar-refractivity contribution in [2.45, 2.75) is 64.5 Å². The average molecular weight is 517 g/mol. The van der Waals surface area contributed by atoms with E-state index < -0.39 is 11.8 Å². The minimum atomic E-state index is -0.440. The van der Waals surface area contributed by atoms with Crippen molar-refractivity contribution in [3.8, 4) is 0 Å². The second kappa shape index (κ2) is 10.7. The number of hydrogen-bond donors (Lipinski definition) is 4. The molecule has 0 unspecified atom stereocenters. The first-order valence-electron chi connectivity index (χ1n) is 13.4. The number of hydrogen-bond acceptors (Lipinski definition) is 6. The van der Waals surface area contributed by atoms with Crippen LogP contribution in [-0.2, 0) is 0 Å². The lowest BCUT2D eigenvalue weighted by atomic mass is 10.1. The monoisotopic (exact) mass is 516 g/mol. The number of primary amides is 2. The van der Waals surface area contributed by atoms with Crippen LogP contribution in [0, 0.1) is 11.8 Å². The number of amides is 2. The molecule has 2 fully saturated rings. The third kappa shape index (κ3) is 5.03. The third-order valence-electron chi connectivity index (χ3n) is 8.04. The van der Waals surface area contributed by atoms with Gasteiger partial charge in [-0.2, -0.15) is 10.2 Å². The molecule has 2 aliphatic carbocycles. The second-order valence-corrected chi connectivity index (χ2v) is 10.6. The molecule has 4 aromatic rings.